The van der Waals surface area contributed by atoms with E-state index < -0.39 is 18.0 Å². The summed E-state index contributed by atoms with van der Waals surface area (Å²) in [5, 5.41) is 19.3. The molecule has 0 aromatic carbocycles. The Hall–Kier alpha value is -2.41. The van der Waals surface area contributed by atoms with E-state index in [0.717, 1.165) is 19.3 Å². The van der Waals surface area contributed by atoms with E-state index in [2.05, 4.69) is 0 Å². The van der Waals surface area contributed by atoms with E-state index in [1.54, 1.807) is 18.2 Å². The summed E-state index contributed by atoms with van der Waals surface area (Å²) in [4.78, 5) is 33.0. The largest absolute Gasteiger partial charge is 0.550 e. The minimum atomic E-state index is -1.22. The number of carboxylic acid groups (broad SMARTS) is 2. The summed E-state index contributed by atoms with van der Waals surface area (Å²) in [6, 6.07) is 0. The fraction of sp³-hybridized carbons (Fsp3) is 0.571. The van der Waals surface area contributed by atoms with E-state index in [-0.39, 0.29) is 25.2 Å². The van der Waals surface area contributed by atoms with Crippen molar-refractivity contribution in [1.82, 2.24) is 0 Å². The molecule has 1 atom stereocenters. The summed E-state index contributed by atoms with van der Waals surface area (Å²) >= 11 is 0. The highest BCUT2D eigenvalue weighted by Gasteiger charge is 2.22. The van der Waals surface area contributed by atoms with Crippen molar-refractivity contribution in [2.24, 2.45) is 0 Å². The Balaban J connectivity index is 3.94. The van der Waals surface area contributed by atoms with E-state index in [4.69, 9.17) is 9.84 Å². The van der Waals surface area contributed by atoms with Crippen LogP contribution in [-0.2, 0) is 19.1 Å². The van der Waals surface area contributed by atoms with E-state index in [0.29, 0.717) is 17.4 Å². The number of aliphatic carboxylic acids is 2. The minimum Gasteiger partial charge on any atom is -0.550 e. The molecule has 0 aliphatic heterocycles. The van der Waals surface area contributed by atoms with Crippen LogP contribution in [0.3, 0.4) is 0 Å². The summed E-state index contributed by atoms with van der Waals surface area (Å²) in [5.74, 6) is -2.44. The molecule has 0 amide bonds. The number of hydrogen-bond donors (Lipinski definition) is 1. The fourth-order valence-corrected chi connectivity index (χ4v) is 2.44. The number of nitrogens with zero attached hydrogens (tertiary/aromatic N) is 1. The van der Waals surface area contributed by atoms with E-state index in [9.17, 15) is 19.5 Å². The van der Waals surface area contributed by atoms with Crippen LogP contribution >= 0.6 is 0 Å². The van der Waals surface area contributed by atoms with Gasteiger partial charge in [-0.1, -0.05) is 42.9 Å². The second-order valence-corrected chi connectivity index (χ2v) is 7.60. The quantitative estimate of drug-likeness (QED) is 0.196. The first-order valence-corrected chi connectivity index (χ1v) is 9.50. The summed E-state index contributed by atoms with van der Waals surface area (Å²) in [6.45, 7) is 0.420. The van der Waals surface area contributed by atoms with Crippen molar-refractivity contribution in [3.63, 3.8) is 0 Å². The second kappa shape index (κ2) is 14.6. The average Bonchev–Trinajstić information content (AvgIpc) is 2.53. The molecular weight excluding hydrogens is 362 g/mol. The number of allylic oxidation sites excluding steroid dienone is 5. The first kappa shape index (κ1) is 25.6. The maximum absolute atomic E-state index is 11.9. The zero-order chi connectivity index (χ0) is 21.4. The molecule has 0 heterocycles. The molecule has 0 bridgehead atoms. The topological polar surface area (TPSA) is 104 Å². The lowest BCUT2D eigenvalue weighted by molar-refractivity contribution is -0.873. The predicted octanol–water partition coefficient (Wildman–Crippen LogP) is 1.84. The number of ether oxygens (including phenoxy) is 1. The third kappa shape index (κ3) is 18.4. The molecule has 7 nitrogen and oxygen atoms in total. The predicted molar refractivity (Wildman–Crippen MR) is 105 cm³/mol. The second-order valence-electron chi connectivity index (χ2n) is 7.60. The monoisotopic (exact) mass is 395 g/mol. The lowest BCUT2D eigenvalue weighted by Crippen LogP contribution is -2.45. The molecule has 0 radical (unpaired) electrons. The smallest absolute Gasteiger partial charge is 0.307 e. The van der Waals surface area contributed by atoms with Gasteiger partial charge in [0.15, 0.2) is 6.10 Å². The van der Waals surface area contributed by atoms with E-state index in [1.165, 1.54) is 0 Å². The lowest BCUT2D eigenvalue weighted by atomic mass is 10.1. The number of carbonyl (C=O) groups is 3. The molecule has 1 N–H and O–H groups in total. The highest BCUT2D eigenvalue weighted by molar-refractivity contribution is 5.71. The molecule has 0 saturated heterocycles. The first-order chi connectivity index (χ1) is 13.1. The Bertz CT molecular complexity index is 572. The molecule has 28 heavy (non-hydrogen) atoms. The van der Waals surface area contributed by atoms with Crippen LogP contribution in [0.5, 0.6) is 0 Å². The standard InChI is InChI=1S/C21H33NO6/c1-22(2,3)17-18(16-20(25)26)28-21(27)15-13-11-9-7-5-4-6-8-10-12-14-19(23)24/h4-6,8,10,12,18H,7,9,11,13-17H2,1-3H3,(H-,23,24,25,26)/b5-4+,8-6+,12-10+. The molecule has 0 saturated carbocycles. The van der Waals surface area contributed by atoms with Gasteiger partial charge in [-0.05, 0) is 19.3 Å². The Morgan fingerprint density at radius 1 is 1.00 bits per heavy atom. The van der Waals surface area contributed by atoms with Gasteiger partial charge < -0.3 is 24.2 Å². The Kier molecular flexibility index (Phi) is 13.4. The van der Waals surface area contributed by atoms with Crippen LogP contribution < -0.4 is 5.11 Å². The molecule has 158 valence electrons. The molecule has 0 spiro atoms. The van der Waals surface area contributed by atoms with Crippen molar-refractivity contribution in [1.29, 1.82) is 0 Å². The molecule has 0 aliphatic carbocycles. The summed E-state index contributed by atoms with van der Waals surface area (Å²) in [6.07, 6.45) is 13.5. The number of esters is 1. The number of rotatable bonds is 15. The normalized spacial score (nSPS) is 13.4. The van der Waals surface area contributed by atoms with E-state index in [1.807, 2.05) is 39.4 Å². The Labute approximate surface area is 167 Å². The third-order valence-corrected chi connectivity index (χ3v) is 3.59. The van der Waals surface area contributed by atoms with Gasteiger partial charge in [0.05, 0.1) is 27.6 Å². The highest BCUT2D eigenvalue weighted by atomic mass is 16.5. The van der Waals surface area contributed by atoms with Gasteiger partial charge in [0.25, 0.3) is 0 Å². The number of hydrogen-bond acceptors (Lipinski definition) is 5. The molecule has 0 aliphatic rings. The zero-order valence-corrected chi connectivity index (χ0v) is 17.1. The van der Waals surface area contributed by atoms with Crippen molar-refractivity contribution in [2.75, 3.05) is 27.7 Å². The van der Waals surface area contributed by atoms with Crippen LogP contribution in [-0.4, -0.2) is 61.3 Å². The maximum atomic E-state index is 11.9. The van der Waals surface area contributed by atoms with Crippen molar-refractivity contribution in [2.45, 2.75) is 51.0 Å². The maximum Gasteiger partial charge on any atom is 0.307 e. The van der Waals surface area contributed by atoms with Crippen molar-refractivity contribution >= 4 is 17.9 Å². The number of quaternary nitrogens is 1. The van der Waals surface area contributed by atoms with Crippen LogP contribution in [0.2, 0.25) is 0 Å². The van der Waals surface area contributed by atoms with Crippen LogP contribution in [0.1, 0.15) is 44.9 Å². The van der Waals surface area contributed by atoms with Gasteiger partial charge in [0, 0.05) is 18.8 Å². The molecule has 0 rings (SSSR count). The van der Waals surface area contributed by atoms with Gasteiger partial charge in [-0.15, -0.1) is 0 Å². The van der Waals surface area contributed by atoms with Gasteiger partial charge in [0.2, 0.25) is 0 Å². The molecule has 0 aromatic rings. The average molecular weight is 395 g/mol. The van der Waals surface area contributed by atoms with Gasteiger partial charge in [-0.3, -0.25) is 9.59 Å². The fourth-order valence-electron chi connectivity index (χ4n) is 2.44. The van der Waals surface area contributed by atoms with Crippen molar-refractivity contribution < 1.29 is 33.8 Å². The SMILES string of the molecule is C[N+](C)(C)CC(CC(=O)[O-])OC(=O)CCCCC/C=C/C=C/C=C/CC(=O)O. The van der Waals surface area contributed by atoms with Gasteiger partial charge in [-0.25, -0.2) is 0 Å². The first-order valence-electron chi connectivity index (χ1n) is 9.50. The zero-order valence-electron chi connectivity index (χ0n) is 17.1. The van der Waals surface area contributed by atoms with Gasteiger partial charge in [0.1, 0.15) is 6.54 Å². The van der Waals surface area contributed by atoms with Gasteiger partial charge in [-0.2, -0.15) is 0 Å². The third-order valence-electron chi connectivity index (χ3n) is 3.59. The van der Waals surface area contributed by atoms with Crippen molar-refractivity contribution in [3.8, 4) is 0 Å². The van der Waals surface area contributed by atoms with Crippen LogP contribution in [0.15, 0.2) is 36.5 Å². The lowest BCUT2D eigenvalue weighted by Gasteiger charge is -2.29. The molecule has 0 fully saturated rings. The van der Waals surface area contributed by atoms with Crippen LogP contribution in [0.25, 0.3) is 0 Å². The minimum absolute atomic E-state index is 0.0137. The molecule has 0 aromatic heterocycles. The van der Waals surface area contributed by atoms with Crippen LogP contribution in [0, 0.1) is 0 Å². The number of unbranched alkanes of at least 4 members (excludes halogenated alkanes) is 3. The molecular formula is C21H33NO6. The van der Waals surface area contributed by atoms with Crippen LogP contribution in [0.4, 0.5) is 0 Å². The summed E-state index contributed by atoms with van der Waals surface area (Å²) in [7, 11) is 5.72. The number of carbonyl (C=O) groups excluding carboxylic acids is 2. The summed E-state index contributed by atoms with van der Waals surface area (Å²) < 4.78 is 5.80. The molecule has 7 heteroatoms. The van der Waals surface area contributed by atoms with Crippen molar-refractivity contribution in [3.05, 3.63) is 36.5 Å². The number of likely N-dealkylation sites (N-methyl/N-ethyl adjacent to an activating group) is 1. The summed E-state index contributed by atoms with van der Waals surface area (Å²) in [5.41, 5.74) is 0. The van der Waals surface area contributed by atoms with E-state index >= 15 is 0 Å². The number of carboxylic acids is 2. The highest BCUT2D eigenvalue weighted by Crippen LogP contribution is 2.09. The Morgan fingerprint density at radius 3 is 2.21 bits per heavy atom. The van der Waals surface area contributed by atoms with Gasteiger partial charge >= 0.3 is 11.9 Å². The Morgan fingerprint density at radius 2 is 1.64 bits per heavy atom. The molecule has 1 unspecified atom stereocenters.